The summed E-state index contributed by atoms with van der Waals surface area (Å²) in [6.07, 6.45) is 12.7. The van der Waals surface area contributed by atoms with Gasteiger partial charge in [0.15, 0.2) is 0 Å². The maximum Gasteiger partial charge on any atom is 0.220 e. The van der Waals surface area contributed by atoms with E-state index in [4.69, 9.17) is 5.73 Å². The molecule has 3 N–H and O–H groups in total. The van der Waals surface area contributed by atoms with Gasteiger partial charge in [0.25, 0.3) is 0 Å². The first-order valence-corrected chi connectivity index (χ1v) is 9.14. The standard InChI is InChI=1S/C18H30N2O/c19-16-3-1-2-15(16)11-20-17(21)10-18-7-12-4-13(8-18)6-14(5-12)9-18/h12-16H,1-11,19H2,(H,20,21). The molecule has 5 fully saturated rings. The Morgan fingerprint density at radius 2 is 1.67 bits per heavy atom. The van der Waals surface area contributed by atoms with Gasteiger partial charge in [-0.05, 0) is 80.5 Å². The molecular formula is C18H30N2O. The van der Waals surface area contributed by atoms with Crippen molar-refractivity contribution in [1.29, 1.82) is 0 Å². The van der Waals surface area contributed by atoms with E-state index in [0.717, 1.165) is 37.1 Å². The molecule has 0 aliphatic heterocycles. The molecule has 3 heteroatoms. The molecular weight excluding hydrogens is 260 g/mol. The van der Waals surface area contributed by atoms with Gasteiger partial charge in [0.05, 0.1) is 0 Å². The van der Waals surface area contributed by atoms with Crippen LogP contribution in [0.5, 0.6) is 0 Å². The Hall–Kier alpha value is -0.570. The van der Waals surface area contributed by atoms with Gasteiger partial charge in [0, 0.05) is 19.0 Å². The third-order valence-electron chi connectivity index (χ3n) is 6.98. The van der Waals surface area contributed by atoms with Crippen LogP contribution in [0.4, 0.5) is 0 Å². The second-order valence-electron chi connectivity index (χ2n) is 8.75. The quantitative estimate of drug-likeness (QED) is 0.836. The highest BCUT2D eigenvalue weighted by atomic mass is 16.1. The SMILES string of the molecule is NC1CCCC1CNC(=O)CC12CC3CC(CC(C3)C1)C2. The van der Waals surface area contributed by atoms with E-state index >= 15 is 0 Å². The molecule has 2 unspecified atom stereocenters. The third kappa shape index (κ3) is 2.74. The van der Waals surface area contributed by atoms with Gasteiger partial charge in [-0.2, -0.15) is 0 Å². The maximum absolute atomic E-state index is 12.4. The summed E-state index contributed by atoms with van der Waals surface area (Å²) in [7, 11) is 0. The molecule has 21 heavy (non-hydrogen) atoms. The Kier molecular flexibility index (Phi) is 3.52. The van der Waals surface area contributed by atoms with E-state index in [1.807, 2.05) is 0 Å². The van der Waals surface area contributed by atoms with Crippen LogP contribution in [-0.4, -0.2) is 18.5 Å². The number of amides is 1. The van der Waals surface area contributed by atoms with Crippen LogP contribution >= 0.6 is 0 Å². The van der Waals surface area contributed by atoms with Crippen molar-refractivity contribution in [3.63, 3.8) is 0 Å². The van der Waals surface area contributed by atoms with E-state index in [-0.39, 0.29) is 0 Å². The summed E-state index contributed by atoms with van der Waals surface area (Å²) in [5, 5.41) is 3.21. The van der Waals surface area contributed by atoms with E-state index in [0.29, 0.717) is 23.3 Å². The van der Waals surface area contributed by atoms with Gasteiger partial charge in [-0.3, -0.25) is 4.79 Å². The zero-order valence-electron chi connectivity index (χ0n) is 13.2. The predicted octanol–water partition coefficient (Wildman–Crippen LogP) is 2.84. The Balaban J connectivity index is 1.32. The van der Waals surface area contributed by atoms with Crippen LogP contribution in [0.2, 0.25) is 0 Å². The van der Waals surface area contributed by atoms with Crippen molar-refractivity contribution in [2.24, 2.45) is 34.8 Å². The Labute approximate surface area is 128 Å². The molecule has 0 heterocycles. The fourth-order valence-electron chi connectivity index (χ4n) is 6.47. The zero-order chi connectivity index (χ0) is 14.4. The summed E-state index contributed by atoms with van der Waals surface area (Å²) >= 11 is 0. The van der Waals surface area contributed by atoms with Crippen molar-refractivity contribution in [3.05, 3.63) is 0 Å². The van der Waals surface area contributed by atoms with Crippen LogP contribution in [0.25, 0.3) is 0 Å². The zero-order valence-corrected chi connectivity index (χ0v) is 13.2. The minimum atomic E-state index is 0.302. The normalized spacial score (nSPS) is 47.8. The van der Waals surface area contributed by atoms with E-state index < -0.39 is 0 Å². The number of carbonyl (C=O) groups excluding carboxylic acids is 1. The molecule has 5 rings (SSSR count). The monoisotopic (exact) mass is 290 g/mol. The summed E-state index contributed by atoms with van der Waals surface area (Å²) < 4.78 is 0. The molecule has 1 amide bonds. The number of rotatable bonds is 4. The van der Waals surface area contributed by atoms with Crippen LogP contribution in [0.3, 0.4) is 0 Å². The van der Waals surface area contributed by atoms with Gasteiger partial charge in [0.2, 0.25) is 5.91 Å². The summed E-state index contributed by atoms with van der Waals surface area (Å²) in [5.74, 6) is 3.63. The van der Waals surface area contributed by atoms with Gasteiger partial charge in [-0.15, -0.1) is 0 Å². The van der Waals surface area contributed by atoms with Crippen molar-refractivity contribution in [1.82, 2.24) is 5.32 Å². The predicted molar refractivity (Wildman–Crippen MR) is 83.5 cm³/mol. The highest BCUT2D eigenvalue weighted by molar-refractivity contribution is 5.76. The summed E-state index contributed by atoms with van der Waals surface area (Å²) in [6, 6.07) is 0.310. The molecule has 0 spiro atoms. The molecule has 118 valence electrons. The molecule has 5 saturated carbocycles. The van der Waals surface area contributed by atoms with Gasteiger partial charge in [-0.1, -0.05) is 6.42 Å². The van der Waals surface area contributed by atoms with Gasteiger partial charge < -0.3 is 11.1 Å². The molecule has 4 bridgehead atoms. The highest BCUT2D eigenvalue weighted by Crippen LogP contribution is 2.61. The van der Waals surface area contributed by atoms with E-state index in [2.05, 4.69) is 5.32 Å². The first-order chi connectivity index (χ1) is 10.1. The fraction of sp³-hybridized carbons (Fsp3) is 0.944. The lowest BCUT2D eigenvalue weighted by Gasteiger charge is -2.56. The maximum atomic E-state index is 12.4. The van der Waals surface area contributed by atoms with Crippen molar-refractivity contribution in [2.75, 3.05) is 6.54 Å². The molecule has 3 nitrogen and oxygen atoms in total. The average molecular weight is 290 g/mol. The molecule has 0 aromatic heterocycles. The lowest BCUT2D eigenvalue weighted by atomic mass is 9.49. The van der Waals surface area contributed by atoms with Crippen molar-refractivity contribution in [3.8, 4) is 0 Å². The second-order valence-corrected chi connectivity index (χ2v) is 8.75. The van der Waals surface area contributed by atoms with Crippen LogP contribution in [0.15, 0.2) is 0 Å². The van der Waals surface area contributed by atoms with E-state index in [9.17, 15) is 4.79 Å². The molecule has 5 aliphatic carbocycles. The number of hydrogen-bond donors (Lipinski definition) is 2. The topological polar surface area (TPSA) is 55.1 Å². The Morgan fingerprint density at radius 1 is 1.05 bits per heavy atom. The van der Waals surface area contributed by atoms with E-state index in [1.165, 1.54) is 51.4 Å². The minimum absolute atomic E-state index is 0.302. The lowest BCUT2D eigenvalue weighted by molar-refractivity contribution is -0.129. The lowest BCUT2D eigenvalue weighted by Crippen LogP contribution is -2.48. The molecule has 5 aliphatic rings. The largest absolute Gasteiger partial charge is 0.356 e. The molecule has 0 aromatic rings. The van der Waals surface area contributed by atoms with Crippen LogP contribution < -0.4 is 11.1 Å². The summed E-state index contributed by atoms with van der Waals surface area (Å²) in [4.78, 5) is 12.4. The number of carbonyl (C=O) groups is 1. The molecule has 0 saturated heterocycles. The second kappa shape index (κ2) is 5.26. The first kappa shape index (κ1) is 14.0. The minimum Gasteiger partial charge on any atom is -0.356 e. The molecule has 2 atom stereocenters. The van der Waals surface area contributed by atoms with Crippen LogP contribution in [0, 0.1) is 29.1 Å². The van der Waals surface area contributed by atoms with Gasteiger partial charge in [-0.25, -0.2) is 0 Å². The third-order valence-corrected chi connectivity index (χ3v) is 6.98. The Morgan fingerprint density at radius 3 is 2.19 bits per heavy atom. The molecule has 0 aromatic carbocycles. The van der Waals surface area contributed by atoms with E-state index in [1.54, 1.807) is 0 Å². The van der Waals surface area contributed by atoms with Crippen molar-refractivity contribution in [2.45, 2.75) is 70.3 Å². The number of hydrogen-bond acceptors (Lipinski definition) is 2. The highest BCUT2D eigenvalue weighted by Gasteiger charge is 2.51. The number of nitrogens with one attached hydrogen (secondary N) is 1. The average Bonchev–Trinajstić information content (AvgIpc) is 2.79. The van der Waals surface area contributed by atoms with Gasteiger partial charge >= 0.3 is 0 Å². The van der Waals surface area contributed by atoms with Gasteiger partial charge in [0.1, 0.15) is 0 Å². The Bertz CT molecular complexity index is 384. The van der Waals surface area contributed by atoms with Crippen molar-refractivity contribution < 1.29 is 4.79 Å². The van der Waals surface area contributed by atoms with Crippen LogP contribution in [-0.2, 0) is 4.79 Å². The van der Waals surface area contributed by atoms with Crippen LogP contribution in [0.1, 0.15) is 64.2 Å². The summed E-state index contributed by atoms with van der Waals surface area (Å²) in [5.41, 5.74) is 6.47. The molecule has 0 radical (unpaired) electrons. The fourth-order valence-corrected chi connectivity index (χ4v) is 6.47. The first-order valence-electron chi connectivity index (χ1n) is 9.14. The smallest absolute Gasteiger partial charge is 0.220 e. The number of nitrogens with two attached hydrogens (primary N) is 1. The van der Waals surface area contributed by atoms with Crippen molar-refractivity contribution >= 4 is 5.91 Å². The summed E-state index contributed by atoms with van der Waals surface area (Å²) in [6.45, 7) is 0.812.